The summed E-state index contributed by atoms with van der Waals surface area (Å²) in [5, 5.41) is 8.09. The molecule has 0 amide bonds. The van der Waals surface area contributed by atoms with E-state index in [0.29, 0.717) is 49.5 Å². The molecule has 1 saturated carbocycles. The molecule has 36 heavy (non-hydrogen) atoms. The van der Waals surface area contributed by atoms with Gasteiger partial charge in [-0.25, -0.2) is 13.5 Å². The summed E-state index contributed by atoms with van der Waals surface area (Å²) in [5.41, 5.74) is 0.161. The third-order valence-corrected chi connectivity index (χ3v) is 7.39. The fraction of sp³-hybridized carbons (Fsp3) is 0.458. The van der Waals surface area contributed by atoms with Crippen molar-refractivity contribution in [3.8, 4) is 0 Å². The Kier molecular flexibility index (Phi) is 5.49. The van der Waals surface area contributed by atoms with E-state index in [-0.39, 0.29) is 17.9 Å². The highest BCUT2D eigenvalue weighted by Crippen LogP contribution is 2.41. The van der Waals surface area contributed by atoms with Gasteiger partial charge >= 0.3 is 6.18 Å². The Morgan fingerprint density at radius 3 is 2.42 bits per heavy atom. The van der Waals surface area contributed by atoms with Crippen LogP contribution in [0.1, 0.15) is 25.0 Å². The first-order chi connectivity index (χ1) is 17.3. The van der Waals surface area contributed by atoms with Gasteiger partial charge in [0.25, 0.3) is 0 Å². The Morgan fingerprint density at radius 1 is 0.917 bits per heavy atom. The summed E-state index contributed by atoms with van der Waals surface area (Å²) in [7, 11) is 0. The first kappa shape index (κ1) is 23.0. The van der Waals surface area contributed by atoms with Gasteiger partial charge in [0.1, 0.15) is 5.69 Å². The van der Waals surface area contributed by atoms with Gasteiger partial charge in [0.2, 0.25) is 11.9 Å². The van der Waals surface area contributed by atoms with E-state index >= 15 is 0 Å². The molecule has 190 valence electrons. The van der Waals surface area contributed by atoms with Gasteiger partial charge in [-0.1, -0.05) is 0 Å². The molecular formula is C24H24F5N7. The quantitative estimate of drug-likeness (QED) is 0.513. The van der Waals surface area contributed by atoms with Crippen molar-refractivity contribution < 1.29 is 22.0 Å². The second kappa shape index (κ2) is 8.59. The Morgan fingerprint density at radius 2 is 1.69 bits per heavy atom. The van der Waals surface area contributed by atoms with Crippen LogP contribution in [0, 0.1) is 23.5 Å². The van der Waals surface area contributed by atoms with Gasteiger partial charge in [-0.15, -0.1) is 5.10 Å². The van der Waals surface area contributed by atoms with Crippen molar-refractivity contribution in [3.63, 3.8) is 0 Å². The second-order valence-electron chi connectivity index (χ2n) is 9.63. The smallest absolute Gasteiger partial charge is 0.371 e. The molecule has 0 unspecified atom stereocenters. The number of aryl methyl sites for hydroxylation is 1. The predicted octanol–water partition coefficient (Wildman–Crippen LogP) is 4.84. The number of pyridine rings is 1. The van der Waals surface area contributed by atoms with Gasteiger partial charge in [-0.2, -0.15) is 18.2 Å². The van der Waals surface area contributed by atoms with Gasteiger partial charge in [0.15, 0.2) is 11.6 Å². The number of benzene rings is 1. The molecule has 7 nitrogen and oxygen atoms in total. The van der Waals surface area contributed by atoms with Crippen LogP contribution in [0.5, 0.6) is 0 Å². The zero-order valence-electron chi connectivity index (χ0n) is 19.2. The summed E-state index contributed by atoms with van der Waals surface area (Å²) in [6.45, 7) is 2.53. The van der Waals surface area contributed by atoms with E-state index in [1.165, 1.54) is 12.3 Å². The summed E-state index contributed by atoms with van der Waals surface area (Å²) >= 11 is 0. The van der Waals surface area contributed by atoms with E-state index in [1.807, 2.05) is 9.80 Å². The number of nitrogens with one attached hydrogen (secondary N) is 1. The van der Waals surface area contributed by atoms with E-state index in [0.717, 1.165) is 37.5 Å². The predicted molar refractivity (Wildman–Crippen MR) is 123 cm³/mol. The molecule has 4 heterocycles. The van der Waals surface area contributed by atoms with Crippen LogP contribution in [0.3, 0.4) is 0 Å². The van der Waals surface area contributed by atoms with Crippen LogP contribution in [0.2, 0.25) is 0 Å². The Balaban J connectivity index is 1.19. The average molecular weight is 505 g/mol. The second-order valence-corrected chi connectivity index (χ2v) is 9.63. The molecule has 0 radical (unpaired) electrons. The number of hydrogen-bond donors (Lipinski definition) is 1. The molecule has 2 aromatic heterocycles. The van der Waals surface area contributed by atoms with E-state index in [4.69, 9.17) is 0 Å². The minimum Gasteiger partial charge on any atom is -0.371 e. The molecular weight excluding hydrogens is 481 g/mol. The summed E-state index contributed by atoms with van der Waals surface area (Å²) in [6, 6.07) is 6.63. The lowest BCUT2D eigenvalue weighted by atomic mass is 9.92. The molecule has 1 aliphatic carbocycles. The maximum atomic E-state index is 13.8. The molecule has 12 heteroatoms. The maximum absolute atomic E-state index is 13.8. The number of alkyl halides is 3. The molecule has 0 spiro atoms. The molecule has 1 aromatic carbocycles. The van der Waals surface area contributed by atoms with Crippen LogP contribution < -0.4 is 15.1 Å². The lowest BCUT2D eigenvalue weighted by Gasteiger charge is -2.39. The highest BCUT2D eigenvalue weighted by molar-refractivity contribution is 5.59. The Bertz CT molecular complexity index is 1260. The number of rotatable bonds is 4. The van der Waals surface area contributed by atoms with Gasteiger partial charge in [-0.3, -0.25) is 4.98 Å². The minimum absolute atomic E-state index is 0.103. The van der Waals surface area contributed by atoms with Crippen molar-refractivity contribution in [1.82, 2.24) is 19.7 Å². The van der Waals surface area contributed by atoms with Crippen LogP contribution in [0.4, 0.5) is 45.2 Å². The van der Waals surface area contributed by atoms with Gasteiger partial charge in [0, 0.05) is 55.9 Å². The monoisotopic (exact) mass is 505 g/mol. The SMILES string of the molecule is Fc1ccc(N2CCCn3nc(N[C@@H]4[C@@H]5CC[C@H]4CN(c4ccnc(C(F)(F)F)c4)C5)nc32)cc1F. The third kappa shape index (κ3) is 4.11. The number of fused-ring (bicyclic) bond motifs is 3. The lowest BCUT2D eigenvalue weighted by Crippen LogP contribution is -2.48. The summed E-state index contributed by atoms with van der Waals surface area (Å²) in [4.78, 5) is 12.0. The van der Waals surface area contributed by atoms with Crippen molar-refractivity contribution in [2.24, 2.45) is 11.8 Å². The van der Waals surface area contributed by atoms with Crippen molar-refractivity contribution in [1.29, 1.82) is 0 Å². The van der Waals surface area contributed by atoms with E-state index in [9.17, 15) is 22.0 Å². The standard InChI is InChI=1S/C24H24F5N7/c25-18-5-4-17(10-19(18)26)35-8-1-9-36-23(35)32-22(33-36)31-21-14-2-3-15(21)13-34(12-14)16-6-7-30-20(11-16)24(27,28)29/h4-7,10-11,14-15,21H,1-3,8-9,12-13H2,(H,31,33)/t14-,15+,21-. The van der Waals surface area contributed by atoms with Crippen molar-refractivity contribution in [3.05, 3.63) is 53.9 Å². The first-order valence-corrected chi connectivity index (χ1v) is 12.0. The van der Waals surface area contributed by atoms with Crippen LogP contribution in [-0.4, -0.2) is 45.4 Å². The Hall–Kier alpha value is -3.44. The van der Waals surface area contributed by atoms with Gasteiger partial charge in [-0.05, 0) is 55.4 Å². The number of aromatic nitrogens is 4. The largest absolute Gasteiger partial charge is 0.433 e. The topological polar surface area (TPSA) is 62.1 Å². The Labute approximate surface area is 203 Å². The van der Waals surface area contributed by atoms with Crippen LogP contribution in [0.15, 0.2) is 36.5 Å². The number of nitrogens with zero attached hydrogens (tertiary/aromatic N) is 6. The van der Waals surface area contributed by atoms with Crippen molar-refractivity contribution in [2.75, 3.05) is 34.8 Å². The molecule has 3 atom stereocenters. The molecule has 2 bridgehead atoms. The highest BCUT2D eigenvalue weighted by atomic mass is 19.4. The molecule has 3 aromatic rings. The number of anilines is 4. The van der Waals surface area contributed by atoms with E-state index in [2.05, 4.69) is 20.4 Å². The van der Waals surface area contributed by atoms with Crippen molar-refractivity contribution >= 4 is 23.3 Å². The normalized spacial score (nSPS) is 23.6. The molecule has 3 aliphatic rings. The number of hydrogen-bond acceptors (Lipinski definition) is 6. The molecule has 2 aliphatic heterocycles. The fourth-order valence-corrected chi connectivity index (χ4v) is 5.71. The van der Waals surface area contributed by atoms with E-state index in [1.54, 1.807) is 10.7 Å². The number of halogens is 5. The maximum Gasteiger partial charge on any atom is 0.433 e. The zero-order chi connectivity index (χ0) is 25.0. The van der Waals surface area contributed by atoms with Gasteiger partial charge < -0.3 is 15.1 Å². The van der Waals surface area contributed by atoms with E-state index < -0.39 is 23.5 Å². The zero-order valence-corrected chi connectivity index (χ0v) is 19.2. The molecule has 1 N–H and O–H groups in total. The lowest BCUT2D eigenvalue weighted by molar-refractivity contribution is -0.141. The fourth-order valence-electron chi connectivity index (χ4n) is 5.71. The first-order valence-electron chi connectivity index (χ1n) is 12.0. The summed E-state index contributed by atoms with van der Waals surface area (Å²) in [5.74, 6) is -0.317. The van der Waals surface area contributed by atoms with Crippen LogP contribution in [0.25, 0.3) is 0 Å². The third-order valence-electron chi connectivity index (χ3n) is 7.39. The van der Waals surface area contributed by atoms with Crippen molar-refractivity contribution in [2.45, 2.75) is 38.0 Å². The number of piperidine rings is 1. The van der Waals surface area contributed by atoms with Crippen LogP contribution >= 0.6 is 0 Å². The highest BCUT2D eigenvalue weighted by Gasteiger charge is 2.43. The molecule has 1 saturated heterocycles. The minimum atomic E-state index is -4.48. The molecule has 2 fully saturated rings. The van der Waals surface area contributed by atoms with Gasteiger partial charge in [0.05, 0.1) is 0 Å². The molecule has 6 rings (SSSR count). The summed E-state index contributed by atoms with van der Waals surface area (Å²) < 4.78 is 68.4. The average Bonchev–Trinajstić information content (AvgIpc) is 3.36. The van der Waals surface area contributed by atoms with Crippen LogP contribution in [-0.2, 0) is 12.7 Å². The summed E-state index contributed by atoms with van der Waals surface area (Å²) in [6.07, 6.45) is -0.559.